The van der Waals surface area contributed by atoms with E-state index in [1.807, 2.05) is 55.5 Å². The van der Waals surface area contributed by atoms with Crippen molar-refractivity contribution in [1.82, 2.24) is 3.97 Å². The maximum Gasteiger partial charge on any atom is 0.236 e. The third-order valence-corrected chi connectivity index (χ3v) is 5.83. The molecule has 5 nitrogen and oxygen atoms in total. The third kappa shape index (κ3) is 2.89. The van der Waals surface area contributed by atoms with Crippen LogP contribution in [0.4, 0.5) is 5.69 Å². The molecule has 1 aliphatic rings. The summed E-state index contributed by atoms with van der Waals surface area (Å²) in [7, 11) is -3.48. The first-order chi connectivity index (χ1) is 12.5. The lowest BCUT2D eigenvalue weighted by Crippen LogP contribution is -2.36. The molecular formula is C20H22N2O3S. The van der Waals surface area contributed by atoms with Crippen molar-refractivity contribution >= 4 is 26.6 Å². The zero-order valence-corrected chi connectivity index (χ0v) is 15.8. The molecule has 136 valence electrons. The number of hydrogen-bond acceptors (Lipinski definition) is 4. The highest BCUT2D eigenvalue weighted by molar-refractivity contribution is 7.89. The Labute approximate surface area is 153 Å². The number of nitrogens with zero attached hydrogens (tertiary/aromatic N) is 2. The number of hydrogen-bond donors (Lipinski definition) is 0. The number of benzene rings is 2. The average Bonchev–Trinajstić information content (AvgIpc) is 2.98. The second kappa shape index (κ2) is 6.45. The molecule has 1 aliphatic heterocycles. The van der Waals surface area contributed by atoms with Gasteiger partial charge in [0, 0.05) is 24.0 Å². The largest absolute Gasteiger partial charge is 0.378 e. The zero-order chi connectivity index (χ0) is 18.3. The van der Waals surface area contributed by atoms with Gasteiger partial charge < -0.3 is 9.64 Å². The molecule has 6 heteroatoms. The fraction of sp³-hybridized carbons (Fsp3) is 0.300. The van der Waals surface area contributed by atoms with Gasteiger partial charge >= 0.3 is 0 Å². The molecule has 0 N–H and O–H groups in total. The van der Waals surface area contributed by atoms with Gasteiger partial charge in [0.25, 0.3) is 0 Å². The van der Waals surface area contributed by atoms with E-state index in [0.29, 0.717) is 18.7 Å². The molecule has 0 saturated carbocycles. The second-order valence-corrected chi connectivity index (χ2v) is 8.54. The Morgan fingerprint density at radius 1 is 0.962 bits per heavy atom. The molecule has 0 amide bonds. The van der Waals surface area contributed by atoms with Crippen molar-refractivity contribution in [3.63, 3.8) is 0 Å². The number of para-hydroxylation sites is 1. The van der Waals surface area contributed by atoms with E-state index < -0.39 is 10.0 Å². The maximum absolute atomic E-state index is 12.7. The van der Waals surface area contributed by atoms with Crippen molar-refractivity contribution < 1.29 is 13.2 Å². The lowest BCUT2D eigenvalue weighted by Gasteiger charge is -2.29. The van der Waals surface area contributed by atoms with E-state index in [2.05, 4.69) is 4.90 Å². The zero-order valence-electron chi connectivity index (χ0n) is 15.0. The molecule has 2 aromatic carbocycles. The molecule has 0 atom stereocenters. The van der Waals surface area contributed by atoms with E-state index >= 15 is 0 Å². The molecule has 1 fully saturated rings. The normalized spacial score (nSPS) is 15.5. The third-order valence-electron chi connectivity index (χ3n) is 4.79. The monoisotopic (exact) mass is 370 g/mol. The van der Waals surface area contributed by atoms with E-state index in [4.69, 9.17) is 4.74 Å². The Bertz CT molecular complexity index is 1050. The van der Waals surface area contributed by atoms with Crippen LogP contribution >= 0.6 is 0 Å². The number of ether oxygens (including phenoxy) is 1. The standard InChI is InChI=1S/C20H22N2O3S/c1-15-7-9-16(10-8-15)19-20(21-11-13-25-14-12-21)17-5-3-4-6-18(17)22(19)26(2,23)24/h3-10H,11-14H2,1-2H3. The molecule has 3 aromatic rings. The number of morpholine rings is 1. The number of aromatic nitrogens is 1. The van der Waals surface area contributed by atoms with Crippen LogP contribution in [0.3, 0.4) is 0 Å². The summed E-state index contributed by atoms with van der Waals surface area (Å²) in [5, 5.41) is 0.954. The van der Waals surface area contributed by atoms with Crippen LogP contribution in [0.25, 0.3) is 22.2 Å². The van der Waals surface area contributed by atoms with Gasteiger partial charge in [0.05, 0.1) is 36.4 Å². The van der Waals surface area contributed by atoms with Crippen molar-refractivity contribution in [2.75, 3.05) is 37.5 Å². The van der Waals surface area contributed by atoms with Gasteiger partial charge in [-0.25, -0.2) is 12.4 Å². The quantitative estimate of drug-likeness (QED) is 0.710. The molecule has 26 heavy (non-hydrogen) atoms. The van der Waals surface area contributed by atoms with Crippen LogP contribution in [0.1, 0.15) is 5.56 Å². The van der Waals surface area contributed by atoms with E-state index in [-0.39, 0.29) is 0 Å². The minimum atomic E-state index is -3.48. The van der Waals surface area contributed by atoms with Crippen molar-refractivity contribution in [3.8, 4) is 11.3 Å². The van der Waals surface area contributed by atoms with Crippen LogP contribution in [0.15, 0.2) is 48.5 Å². The Kier molecular flexibility index (Phi) is 4.25. The van der Waals surface area contributed by atoms with Gasteiger partial charge in [-0.2, -0.15) is 0 Å². The Hall–Kier alpha value is -2.31. The molecule has 1 aromatic heterocycles. The topological polar surface area (TPSA) is 51.5 Å². The summed E-state index contributed by atoms with van der Waals surface area (Å²) < 4.78 is 32.4. The molecule has 0 bridgehead atoms. The highest BCUT2D eigenvalue weighted by atomic mass is 32.2. The summed E-state index contributed by atoms with van der Waals surface area (Å²) in [6.45, 7) is 4.81. The van der Waals surface area contributed by atoms with E-state index in [1.165, 1.54) is 10.2 Å². The first kappa shape index (κ1) is 17.1. The highest BCUT2D eigenvalue weighted by Gasteiger charge is 2.27. The summed E-state index contributed by atoms with van der Waals surface area (Å²) in [6, 6.07) is 15.7. The van der Waals surface area contributed by atoms with Crippen LogP contribution in [-0.2, 0) is 14.8 Å². The van der Waals surface area contributed by atoms with Crippen LogP contribution in [-0.4, -0.2) is 44.9 Å². The number of rotatable bonds is 3. The highest BCUT2D eigenvalue weighted by Crippen LogP contribution is 2.41. The lowest BCUT2D eigenvalue weighted by molar-refractivity contribution is 0.123. The molecule has 0 unspecified atom stereocenters. The molecule has 0 radical (unpaired) electrons. The average molecular weight is 370 g/mol. The summed E-state index contributed by atoms with van der Waals surface area (Å²) in [6.07, 6.45) is 1.26. The fourth-order valence-corrected chi connectivity index (χ4v) is 4.65. The van der Waals surface area contributed by atoms with Gasteiger partial charge in [-0.3, -0.25) is 0 Å². The Morgan fingerprint density at radius 3 is 2.27 bits per heavy atom. The first-order valence-electron chi connectivity index (χ1n) is 8.70. The van der Waals surface area contributed by atoms with Crippen molar-refractivity contribution in [1.29, 1.82) is 0 Å². The van der Waals surface area contributed by atoms with Gasteiger partial charge in [0.1, 0.15) is 0 Å². The van der Waals surface area contributed by atoms with Crippen LogP contribution in [0, 0.1) is 6.92 Å². The van der Waals surface area contributed by atoms with Crippen LogP contribution in [0.5, 0.6) is 0 Å². The van der Waals surface area contributed by atoms with Gasteiger partial charge in [-0.05, 0) is 13.0 Å². The predicted octanol–water partition coefficient (Wildman–Crippen LogP) is 3.26. The van der Waals surface area contributed by atoms with Gasteiger partial charge in [0.2, 0.25) is 10.0 Å². The Balaban J connectivity index is 2.10. The van der Waals surface area contributed by atoms with Gasteiger partial charge in [-0.1, -0.05) is 48.0 Å². The number of aryl methyl sites for hydroxylation is 1. The van der Waals surface area contributed by atoms with E-state index in [1.54, 1.807) is 0 Å². The molecule has 0 aliphatic carbocycles. The summed E-state index contributed by atoms with van der Waals surface area (Å²) in [5.74, 6) is 0. The summed E-state index contributed by atoms with van der Waals surface area (Å²) in [4.78, 5) is 2.24. The molecular weight excluding hydrogens is 348 g/mol. The minimum Gasteiger partial charge on any atom is -0.378 e. The summed E-state index contributed by atoms with van der Waals surface area (Å²) in [5.41, 5.74) is 4.46. The maximum atomic E-state index is 12.7. The van der Waals surface area contributed by atoms with Crippen LogP contribution in [0.2, 0.25) is 0 Å². The van der Waals surface area contributed by atoms with Gasteiger partial charge in [-0.15, -0.1) is 0 Å². The number of anilines is 1. The van der Waals surface area contributed by atoms with Crippen molar-refractivity contribution in [3.05, 3.63) is 54.1 Å². The fourth-order valence-electron chi connectivity index (χ4n) is 3.61. The minimum absolute atomic E-state index is 0.645. The molecule has 2 heterocycles. The van der Waals surface area contributed by atoms with E-state index in [0.717, 1.165) is 41.0 Å². The van der Waals surface area contributed by atoms with E-state index in [9.17, 15) is 8.42 Å². The predicted molar refractivity (Wildman–Crippen MR) is 105 cm³/mol. The summed E-state index contributed by atoms with van der Waals surface area (Å²) >= 11 is 0. The molecule has 4 rings (SSSR count). The van der Waals surface area contributed by atoms with Crippen molar-refractivity contribution in [2.24, 2.45) is 0 Å². The van der Waals surface area contributed by atoms with Gasteiger partial charge in [0.15, 0.2) is 0 Å². The van der Waals surface area contributed by atoms with Crippen molar-refractivity contribution in [2.45, 2.75) is 6.92 Å². The van der Waals surface area contributed by atoms with Crippen LogP contribution < -0.4 is 4.90 Å². The lowest BCUT2D eigenvalue weighted by atomic mass is 10.1. The smallest absolute Gasteiger partial charge is 0.236 e. The Morgan fingerprint density at radius 2 is 1.62 bits per heavy atom. The molecule has 0 spiro atoms. The number of fused-ring (bicyclic) bond motifs is 1. The molecule has 1 saturated heterocycles. The second-order valence-electron chi connectivity index (χ2n) is 6.71. The SMILES string of the molecule is Cc1ccc(-c2c(N3CCOCC3)c3ccccc3n2S(C)(=O)=O)cc1. The first-order valence-corrected chi connectivity index (χ1v) is 10.6.